The molecule has 6 nitrogen and oxygen atoms in total. The number of carbonyl (C=O) groups is 3. The number of rotatable bonds is 5. The molecule has 0 aliphatic heterocycles. The van der Waals surface area contributed by atoms with Crippen LogP contribution in [0.1, 0.15) is 19.4 Å². The van der Waals surface area contributed by atoms with Crippen LogP contribution in [-0.2, 0) is 25.7 Å². The molecule has 1 aromatic carbocycles. The van der Waals surface area contributed by atoms with Crippen LogP contribution in [0.4, 0.5) is 0 Å². The molecule has 0 aromatic heterocycles. The molecular formula is C13H15NO5. The Hall–Kier alpha value is -2.37. The SMILES string of the molecule is CC(=O)N[C@@](C)(C(=O)O)C(=O)OCc1ccccc1. The molecule has 0 spiro atoms. The summed E-state index contributed by atoms with van der Waals surface area (Å²) in [5, 5.41) is 11.1. The zero-order valence-corrected chi connectivity index (χ0v) is 10.7. The number of nitrogens with one attached hydrogen (secondary N) is 1. The van der Waals surface area contributed by atoms with Crippen LogP contribution in [0.3, 0.4) is 0 Å². The Morgan fingerprint density at radius 1 is 1.26 bits per heavy atom. The van der Waals surface area contributed by atoms with Gasteiger partial charge in [0.1, 0.15) is 6.61 Å². The number of aliphatic carboxylic acids is 1. The van der Waals surface area contributed by atoms with Crippen molar-refractivity contribution in [2.75, 3.05) is 0 Å². The quantitative estimate of drug-likeness (QED) is 0.604. The highest BCUT2D eigenvalue weighted by molar-refractivity contribution is 6.06. The first-order valence-corrected chi connectivity index (χ1v) is 5.59. The first-order chi connectivity index (χ1) is 8.86. The summed E-state index contributed by atoms with van der Waals surface area (Å²) >= 11 is 0. The maximum atomic E-state index is 11.8. The highest BCUT2D eigenvalue weighted by Crippen LogP contribution is 2.10. The van der Waals surface area contributed by atoms with Crippen molar-refractivity contribution >= 4 is 17.8 Å². The molecule has 0 bridgehead atoms. The summed E-state index contributed by atoms with van der Waals surface area (Å²) in [4.78, 5) is 33.9. The summed E-state index contributed by atoms with van der Waals surface area (Å²) in [5.41, 5.74) is -1.35. The Morgan fingerprint density at radius 3 is 2.32 bits per heavy atom. The Morgan fingerprint density at radius 2 is 1.84 bits per heavy atom. The highest BCUT2D eigenvalue weighted by Gasteiger charge is 2.44. The standard InChI is InChI=1S/C13H15NO5/c1-9(15)14-13(2,11(16)17)12(18)19-8-10-6-4-3-5-7-10/h3-7H,8H2,1-2H3,(H,14,15)(H,16,17)/t13-/m0/s1. The smallest absolute Gasteiger partial charge is 0.343 e. The van der Waals surface area contributed by atoms with Gasteiger partial charge in [-0.3, -0.25) is 4.79 Å². The van der Waals surface area contributed by atoms with Crippen LogP contribution >= 0.6 is 0 Å². The van der Waals surface area contributed by atoms with E-state index < -0.39 is 23.4 Å². The summed E-state index contributed by atoms with van der Waals surface area (Å²) in [6.45, 7) is 2.16. The van der Waals surface area contributed by atoms with Crippen molar-refractivity contribution < 1.29 is 24.2 Å². The van der Waals surface area contributed by atoms with Crippen molar-refractivity contribution in [1.82, 2.24) is 5.32 Å². The van der Waals surface area contributed by atoms with Crippen LogP contribution in [0, 0.1) is 0 Å². The van der Waals surface area contributed by atoms with E-state index in [1.54, 1.807) is 24.3 Å². The largest absolute Gasteiger partial charge is 0.479 e. The lowest BCUT2D eigenvalue weighted by molar-refractivity contribution is -0.164. The van der Waals surface area contributed by atoms with Crippen molar-refractivity contribution in [3.8, 4) is 0 Å². The van der Waals surface area contributed by atoms with Crippen molar-refractivity contribution in [2.24, 2.45) is 0 Å². The molecule has 1 aromatic rings. The molecule has 0 saturated carbocycles. The van der Waals surface area contributed by atoms with Crippen molar-refractivity contribution in [3.05, 3.63) is 35.9 Å². The molecule has 102 valence electrons. The number of amides is 1. The van der Waals surface area contributed by atoms with Gasteiger partial charge in [0.05, 0.1) is 0 Å². The van der Waals surface area contributed by atoms with Crippen LogP contribution < -0.4 is 5.32 Å². The third-order valence-corrected chi connectivity index (χ3v) is 2.47. The number of hydrogen-bond acceptors (Lipinski definition) is 4. The fraction of sp³-hybridized carbons (Fsp3) is 0.308. The van der Waals surface area contributed by atoms with Crippen molar-refractivity contribution in [2.45, 2.75) is 26.0 Å². The van der Waals surface area contributed by atoms with Crippen molar-refractivity contribution in [3.63, 3.8) is 0 Å². The summed E-state index contributed by atoms with van der Waals surface area (Å²) in [6, 6.07) is 8.83. The minimum Gasteiger partial charge on any atom is -0.479 e. The third kappa shape index (κ3) is 3.80. The maximum Gasteiger partial charge on any atom is 0.343 e. The van der Waals surface area contributed by atoms with E-state index in [-0.39, 0.29) is 6.61 Å². The lowest BCUT2D eigenvalue weighted by Gasteiger charge is -2.23. The molecule has 19 heavy (non-hydrogen) atoms. The van der Waals surface area contributed by atoms with Gasteiger partial charge in [-0.05, 0) is 12.5 Å². The summed E-state index contributed by atoms with van der Waals surface area (Å²) < 4.78 is 4.92. The van der Waals surface area contributed by atoms with Gasteiger partial charge in [-0.2, -0.15) is 0 Å². The summed E-state index contributed by atoms with van der Waals surface area (Å²) in [5.74, 6) is -3.11. The minimum atomic E-state index is -2.08. The number of hydrogen-bond donors (Lipinski definition) is 2. The van der Waals surface area contributed by atoms with Crippen LogP contribution in [0.5, 0.6) is 0 Å². The molecule has 0 saturated heterocycles. The molecule has 6 heteroatoms. The first kappa shape index (κ1) is 14.7. The van der Waals surface area contributed by atoms with Gasteiger partial charge >= 0.3 is 11.9 Å². The lowest BCUT2D eigenvalue weighted by Crippen LogP contribution is -2.58. The molecule has 2 N–H and O–H groups in total. The molecule has 0 aliphatic rings. The van der Waals surface area contributed by atoms with Crippen LogP contribution in [0.2, 0.25) is 0 Å². The number of esters is 1. The van der Waals surface area contributed by atoms with E-state index in [9.17, 15) is 14.4 Å². The lowest BCUT2D eigenvalue weighted by atomic mass is 10.0. The highest BCUT2D eigenvalue weighted by atomic mass is 16.5. The topological polar surface area (TPSA) is 92.7 Å². The Balaban J connectivity index is 2.73. The fourth-order valence-corrected chi connectivity index (χ4v) is 1.41. The second-order valence-corrected chi connectivity index (χ2v) is 4.17. The molecule has 1 atom stereocenters. The number of carbonyl (C=O) groups excluding carboxylic acids is 2. The van der Waals surface area contributed by atoms with Crippen LogP contribution in [0.15, 0.2) is 30.3 Å². The van der Waals surface area contributed by atoms with E-state index >= 15 is 0 Å². The van der Waals surface area contributed by atoms with Gasteiger partial charge < -0.3 is 15.2 Å². The van der Waals surface area contributed by atoms with Gasteiger partial charge in [-0.25, -0.2) is 9.59 Å². The molecule has 0 fully saturated rings. The van der Waals surface area contributed by atoms with E-state index in [1.165, 1.54) is 0 Å². The first-order valence-electron chi connectivity index (χ1n) is 5.59. The van der Waals surface area contributed by atoms with Gasteiger partial charge in [-0.1, -0.05) is 30.3 Å². The zero-order valence-electron chi connectivity index (χ0n) is 10.7. The monoisotopic (exact) mass is 265 g/mol. The summed E-state index contributed by atoms with van der Waals surface area (Å²) in [6.07, 6.45) is 0. The van der Waals surface area contributed by atoms with E-state index in [4.69, 9.17) is 9.84 Å². The second kappa shape index (κ2) is 5.99. The van der Waals surface area contributed by atoms with E-state index in [0.29, 0.717) is 0 Å². The number of carboxylic acids is 1. The van der Waals surface area contributed by atoms with E-state index in [0.717, 1.165) is 19.4 Å². The maximum absolute atomic E-state index is 11.8. The predicted octanol–water partition coefficient (Wildman–Crippen LogP) is 0.709. The van der Waals surface area contributed by atoms with Gasteiger partial charge in [0.2, 0.25) is 11.4 Å². The third-order valence-electron chi connectivity index (χ3n) is 2.47. The van der Waals surface area contributed by atoms with Gasteiger partial charge in [-0.15, -0.1) is 0 Å². The minimum absolute atomic E-state index is 0.0534. The molecule has 0 unspecified atom stereocenters. The van der Waals surface area contributed by atoms with Gasteiger partial charge in [0.15, 0.2) is 0 Å². The van der Waals surface area contributed by atoms with E-state index in [1.807, 2.05) is 6.07 Å². The Kier molecular flexibility index (Phi) is 4.63. The van der Waals surface area contributed by atoms with Gasteiger partial charge in [0.25, 0.3) is 0 Å². The summed E-state index contributed by atoms with van der Waals surface area (Å²) in [7, 11) is 0. The van der Waals surface area contributed by atoms with Gasteiger partial charge in [0, 0.05) is 6.92 Å². The molecule has 1 amide bonds. The molecule has 1 rings (SSSR count). The Bertz CT molecular complexity index is 485. The van der Waals surface area contributed by atoms with Crippen molar-refractivity contribution in [1.29, 1.82) is 0 Å². The molecular weight excluding hydrogens is 250 g/mol. The fourth-order valence-electron chi connectivity index (χ4n) is 1.41. The molecule has 0 aliphatic carbocycles. The average Bonchev–Trinajstić information content (AvgIpc) is 2.36. The number of ether oxygens (including phenoxy) is 1. The Labute approximate surface area is 110 Å². The van der Waals surface area contributed by atoms with Crippen LogP contribution in [0.25, 0.3) is 0 Å². The number of benzene rings is 1. The molecule has 0 radical (unpaired) electrons. The van der Waals surface area contributed by atoms with E-state index in [2.05, 4.69) is 5.32 Å². The predicted molar refractivity (Wildman–Crippen MR) is 66.1 cm³/mol. The zero-order chi connectivity index (χ0) is 14.5. The average molecular weight is 265 g/mol. The number of carboxylic acid groups (broad SMARTS) is 1. The normalized spacial score (nSPS) is 13.2. The molecule has 0 heterocycles. The van der Waals surface area contributed by atoms with Crippen LogP contribution in [-0.4, -0.2) is 28.5 Å². The second-order valence-electron chi connectivity index (χ2n) is 4.17.